The van der Waals surface area contributed by atoms with Gasteiger partial charge in [0, 0.05) is 5.56 Å². The minimum absolute atomic E-state index is 0.0351. The van der Waals surface area contributed by atoms with Crippen molar-refractivity contribution in [3.05, 3.63) is 53.3 Å². The predicted octanol–water partition coefficient (Wildman–Crippen LogP) is 0.0595. The highest BCUT2D eigenvalue weighted by molar-refractivity contribution is 6.31. The molecule has 4 amide bonds. The highest BCUT2D eigenvalue weighted by Crippen LogP contribution is 2.24. The summed E-state index contributed by atoms with van der Waals surface area (Å²) >= 11 is 0. The van der Waals surface area contributed by atoms with Gasteiger partial charge in [0.2, 0.25) is 0 Å². The second-order valence-electron chi connectivity index (χ2n) is 4.86. The monoisotopic (exact) mass is 325 g/mol. The number of carbonyl (C=O) groups excluding carboxylic acids is 4. The van der Waals surface area contributed by atoms with E-state index in [1.807, 2.05) is 10.6 Å². The number of furan rings is 1. The molecule has 1 aliphatic rings. The van der Waals surface area contributed by atoms with Gasteiger partial charge in [-0.15, -0.1) is 0 Å². The summed E-state index contributed by atoms with van der Waals surface area (Å²) in [6, 6.07) is 8.09. The lowest BCUT2D eigenvalue weighted by Crippen LogP contribution is -2.51. The van der Waals surface area contributed by atoms with Crippen molar-refractivity contribution in [1.82, 2.24) is 10.6 Å². The molecule has 1 aromatic carbocycles. The number of barbiturate groups is 1. The number of carboxylic acid groups (broad SMARTS) is 1. The van der Waals surface area contributed by atoms with Crippen LogP contribution >= 0.6 is 0 Å². The number of benzene rings is 1. The third-order valence-electron chi connectivity index (χ3n) is 3.26. The third-order valence-corrected chi connectivity index (χ3v) is 3.26. The maximum atomic E-state index is 11.6. The van der Waals surface area contributed by atoms with E-state index in [0.29, 0.717) is 11.3 Å². The lowest BCUT2D eigenvalue weighted by Gasteiger charge is -2.13. The Morgan fingerprint density at radius 3 is 2.17 bits per heavy atom. The predicted molar refractivity (Wildman–Crippen MR) is 78.1 cm³/mol. The molecule has 8 nitrogen and oxygen atoms in total. The van der Waals surface area contributed by atoms with E-state index in [1.165, 1.54) is 24.3 Å². The summed E-state index contributed by atoms with van der Waals surface area (Å²) in [6.45, 7) is 0. The fourth-order valence-corrected chi connectivity index (χ4v) is 2.10. The number of carbonyl (C=O) groups is 4. The normalized spacial score (nSPS) is 14.2. The van der Waals surface area contributed by atoms with Gasteiger partial charge in [-0.05, 0) is 23.8 Å². The van der Waals surface area contributed by atoms with Gasteiger partial charge in [-0.1, -0.05) is 24.3 Å². The van der Waals surface area contributed by atoms with E-state index >= 15 is 0 Å². The van der Waals surface area contributed by atoms with Crippen LogP contribution in [0.2, 0.25) is 0 Å². The molecule has 1 aromatic heterocycles. The average Bonchev–Trinajstić information content (AvgIpc) is 2.99. The maximum Gasteiger partial charge on any atom is 0.328 e. The molecule has 0 atom stereocenters. The Morgan fingerprint density at radius 2 is 1.58 bits per heavy atom. The van der Waals surface area contributed by atoms with E-state index in [-0.39, 0.29) is 16.9 Å². The van der Waals surface area contributed by atoms with Crippen LogP contribution in [-0.4, -0.2) is 23.8 Å². The van der Waals surface area contributed by atoms with E-state index in [9.17, 15) is 24.3 Å². The van der Waals surface area contributed by atoms with Crippen molar-refractivity contribution in [2.24, 2.45) is 0 Å². The molecular weight excluding hydrogens is 316 g/mol. The first-order valence-corrected chi connectivity index (χ1v) is 6.74. The molecule has 24 heavy (non-hydrogen) atoms. The lowest BCUT2D eigenvalue weighted by atomic mass is 10.1. The van der Waals surface area contributed by atoms with Crippen molar-refractivity contribution in [2.45, 2.75) is 0 Å². The highest BCUT2D eigenvalue weighted by Gasteiger charge is 2.28. The van der Waals surface area contributed by atoms with Crippen LogP contribution in [-0.2, 0) is 9.59 Å². The van der Waals surface area contributed by atoms with E-state index in [1.54, 1.807) is 18.2 Å². The summed E-state index contributed by atoms with van der Waals surface area (Å²) in [6.07, 6.45) is 1.20. The van der Waals surface area contributed by atoms with Crippen molar-refractivity contribution in [2.75, 3.05) is 0 Å². The van der Waals surface area contributed by atoms with Gasteiger partial charge < -0.3 is 14.3 Å². The first-order valence-electron chi connectivity index (χ1n) is 6.74. The molecular formula is C16H9N2O6-. The molecule has 0 aliphatic carbocycles. The van der Waals surface area contributed by atoms with Crippen LogP contribution in [0.25, 0.3) is 17.4 Å². The third kappa shape index (κ3) is 2.93. The summed E-state index contributed by atoms with van der Waals surface area (Å²) in [5, 5.41) is 14.6. The smallest absolute Gasteiger partial charge is 0.328 e. The molecule has 3 rings (SSSR count). The molecule has 0 bridgehead atoms. The number of carboxylic acids is 1. The zero-order chi connectivity index (χ0) is 17.3. The van der Waals surface area contributed by atoms with Crippen LogP contribution in [0.15, 0.2) is 46.4 Å². The van der Waals surface area contributed by atoms with Gasteiger partial charge in [0.25, 0.3) is 11.8 Å². The van der Waals surface area contributed by atoms with E-state index in [4.69, 9.17) is 4.42 Å². The van der Waals surface area contributed by atoms with Crippen LogP contribution in [0, 0.1) is 0 Å². The van der Waals surface area contributed by atoms with Gasteiger partial charge in [-0.3, -0.25) is 20.2 Å². The quantitative estimate of drug-likeness (QED) is 0.606. The SMILES string of the molecule is O=C1NC(=O)C(=Cc2ccc(-c3ccc(C(=O)[O-])cc3)o2)C(=O)N1. The van der Waals surface area contributed by atoms with Gasteiger partial charge in [0.1, 0.15) is 17.1 Å². The number of amides is 4. The molecule has 2 heterocycles. The molecule has 1 aliphatic heterocycles. The maximum absolute atomic E-state index is 11.6. The average molecular weight is 325 g/mol. The Balaban J connectivity index is 1.86. The summed E-state index contributed by atoms with van der Waals surface area (Å²) < 4.78 is 5.51. The molecule has 8 heteroatoms. The topological polar surface area (TPSA) is 129 Å². The Hall–Kier alpha value is -3.68. The molecule has 1 saturated heterocycles. The summed E-state index contributed by atoms with van der Waals surface area (Å²) in [5.74, 6) is -2.28. The molecule has 1 fully saturated rings. The summed E-state index contributed by atoms with van der Waals surface area (Å²) in [4.78, 5) is 45.0. The Bertz CT molecular complexity index is 870. The number of hydrogen-bond donors (Lipinski definition) is 2. The van der Waals surface area contributed by atoms with Crippen LogP contribution in [0.5, 0.6) is 0 Å². The molecule has 0 saturated carbocycles. The number of aromatic carboxylic acids is 1. The highest BCUT2D eigenvalue weighted by atomic mass is 16.4. The van der Waals surface area contributed by atoms with Crippen molar-refractivity contribution in [1.29, 1.82) is 0 Å². The molecule has 0 unspecified atom stereocenters. The van der Waals surface area contributed by atoms with Gasteiger partial charge in [0.05, 0.1) is 5.97 Å². The minimum Gasteiger partial charge on any atom is -0.545 e. The van der Waals surface area contributed by atoms with Crippen LogP contribution in [0.1, 0.15) is 16.1 Å². The van der Waals surface area contributed by atoms with Gasteiger partial charge in [0.15, 0.2) is 0 Å². The van der Waals surface area contributed by atoms with E-state index in [2.05, 4.69) is 0 Å². The molecule has 2 N–H and O–H groups in total. The number of urea groups is 1. The first kappa shape index (κ1) is 15.2. The van der Waals surface area contributed by atoms with Crippen molar-refractivity contribution < 1.29 is 28.7 Å². The molecule has 0 spiro atoms. The number of rotatable bonds is 3. The first-order chi connectivity index (χ1) is 11.4. The second-order valence-corrected chi connectivity index (χ2v) is 4.86. The van der Waals surface area contributed by atoms with E-state index < -0.39 is 23.8 Å². The lowest BCUT2D eigenvalue weighted by molar-refractivity contribution is -0.255. The summed E-state index contributed by atoms with van der Waals surface area (Å²) in [5.41, 5.74) is 0.382. The number of imide groups is 2. The van der Waals surface area contributed by atoms with Crippen LogP contribution < -0.4 is 15.7 Å². The van der Waals surface area contributed by atoms with E-state index in [0.717, 1.165) is 0 Å². The van der Waals surface area contributed by atoms with Gasteiger partial charge in [-0.25, -0.2) is 4.79 Å². The number of hydrogen-bond acceptors (Lipinski definition) is 6. The molecule has 0 radical (unpaired) electrons. The standard InChI is InChI=1S/C16H10N2O6/c19-13-11(14(20)18-16(23)17-13)7-10-5-6-12(24-10)8-1-3-9(4-2-8)15(21)22/h1-7H,(H,21,22)(H2,17,18,19,20,23)/p-1. The van der Waals surface area contributed by atoms with Crippen molar-refractivity contribution in [3.63, 3.8) is 0 Å². The zero-order valence-corrected chi connectivity index (χ0v) is 12.0. The zero-order valence-electron chi connectivity index (χ0n) is 12.0. The van der Waals surface area contributed by atoms with Crippen molar-refractivity contribution >= 4 is 29.9 Å². The van der Waals surface area contributed by atoms with Gasteiger partial charge >= 0.3 is 6.03 Å². The minimum atomic E-state index is -1.28. The molecule has 120 valence electrons. The fraction of sp³-hybridized carbons (Fsp3) is 0. The number of nitrogens with one attached hydrogen (secondary N) is 2. The Labute approximate surface area is 134 Å². The van der Waals surface area contributed by atoms with Crippen LogP contribution in [0.4, 0.5) is 4.79 Å². The van der Waals surface area contributed by atoms with Gasteiger partial charge in [-0.2, -0.15) is 0 Å². The second kappa shape index (κ2) is 5.84. The van der Waals surface area contributed by atoms with Crippen molar-refractivity contribution in [3.8, 4) is 11.3 Å². The Kier molecular flexibility index (Phi) is 3.70. The molecule has 2 aromatic rings. The largest absolute Gasteiger partial charge is 0.545 e. The summed E-state index contributed by atoms with van der Waals surface area (Å²) in [7, 11) is 0. The Morgan fingerprint density at radius 1 is 0.958 bits per heavy atom. The fourth-order valence-electron chi connectivity index (χ4n) is 2.10. The van der Waals surface area contributed by atoms with Crippen LogP contribution in [0.3, 0.4) is 0 Å².